The van der Waals surface area contributed by atoms with Crippen molar-refractivity contribution >= 4 is 17.7 Å². The quantitative estimate of drug-likeness (QED) is 0.617. The Morgan fingerprint density at radius 1 is 1.45 bits per heavy atom. The highest BCUT2D eigenvalue weighted by molar-refractivity contribution is 8.00. The average Bonchev–Trinajstić information content (AvgIpc) is 3.12. The molecule has 1 fully saturated rings. The summed E-state index contributed by atoms with van der Waals surface area (Å²) in [6.45, 7) is 8.09. The van der Waals surface area contributed by atoms with E-state index in [-0.39, 0.29) is 0 Å². The number of nitrogens with one attached hydrogen (secondary N) is 2. The number of hydrogen-bond acceptors (Lipinski definition) is 5. The lowest BCUT2D eigenvalue weighted by atomic mass is 10.1. The summed E-state index contributed by atoms with van der Waals surface area (Å²) in [6, 6.07) is 0. The molecule has 0 aliphatic carbocycles. The largest absolute Gasteiger partial charge is 0.356 e. The van der Waals surface area contributed by atoms with Gasteiger partial charge in [0, 0.05) is 37.2 Å². The van der Waals surface area contributed by atoms with Gasteiger partial charge in [-0.05, 0) is 25.5 Å². The van der Waals surface area contributed by atoms with E-state index in [1.807, 2.05) is 11.8 Å². The highest BCUT2D eigenvalue weighted by atomic mass is 32.2. The summed E-state index contributed by atoms with van der Waals surface area (Å²) in [7, 11) is 1.79. The molecule has 0 aromatic carbocycles. The predicted octanol–water partition coefficient (Wildman–Crippen LogP) is 2.19. The van der Waals surface area contributed by atoms with E-state index >= 15 is 0 Å². The maximum absolute atomic E-state index is 5.23. The van der Waals surface area contributed by atoms with Crippen molar-refractivity contribution < 1.29 is 4.52 Å². The molecule has 0 saturated carbocycles. The molecule has 2 heterocycles. The highest BCUT2D eigenvalue weighted by Crippen LogP contribution is 2.36. The monoisotopic (exact) mass is 325 g/mol. The fraction of sp³-hybridized carbons (Fsp3) is 0.800. The van der Waals surface area contributed by atoms with Crippen LogP contribution in [0.25, 0.3) is 0 Å². The third kappa shape index (κ3) is 4.90. The Balaban J connectivity index is 1.71. The van der Waals surface area contributed by atoms with Crippen molar-refractivity contribution in [1.82, 2.24) is 20.8 Å². The van der Waals surface area contributed by atoms with Gasteiger partial charge in [-0.15, -0.1) is 0 Å². The van der Waals surface area contributed by atoms with Crippen LogP contribution >= 0.6 is 11.8 Å². The molecule has 0 spiro atoms. The minimum absolute atomic E-state index is 0.296. The van der Waals surface area contributed by atoms with Crippen molar-refractivity contribution in [1.29, 1.82) is 0 Å². The summed E-state index contributed by atoms with van der Waals surface area (Å²) in [5.41, 5.74) is 0. The zero-order valence-electron chi connectivity index (χ0n) is 14.0. The van der Waals surface area contributed by atoms with Crippen molar-refractivity contribution in [3.05, 3.63) is 11.7 Å². The lowest BCUT2D eigenvalue weighted by Crippen LogP contribution is -2.44. The number of thioether (sulfide) groups is 1. The molecular weight excluding hydrogens is 298 g/mol. The molecule has 22 heavy (non-hydrogen) atoms. The van der Waals surface area contributed by atoms with Crippen molar-refractivity contribution in [3.8, 4) is 0 Å². The normalized spacial score (nSPS) is 22.3. The van der Waals surface area contributed by atoms with Crippen LogP contribution in [0.2, 0.25) is 0 Å². The second-order valence-corrected chi connectivity index (χ2v) is 7.89. The lowest BCUT2D eigenvalue weighted by Gasteiger charge is -2.24. The van der Waals surface area contributed by atoms with Crippen LogP contribution in [0, 0.1) is 0 Å². The third-order valence-electron chi connectivity index (χ3n) is 3.79. The molecule has 1 saturated heterocycles. The van der Waals surface area contributed by atoms with E-state index in [1.54, 1.807) is 7.05 Å². The standard InChI is InChI=1S/C15H27N5OS/c1-11(2)13-19-12(21-20-13)6-8-17-14(16-4)18-10-15(3)7-5-9-22-15/h11H,5-10H2,1-4H3,(H2,16,17,18). The van der Waals surface area contributed by atoms with Gasteiger partial charge in [-0.2, -0.15) is 16.7 Å². The Kier molecular flexibility index (Phi) is 6.11. The Labute approximate surface area is 136 Å². The van der Waals surface area contributed by atoms with Crippen molar-refractivity contribution in [3.63, 3.8) is 0 Å². The summed E-state index contributed by atoms with van der Waals surface area (Å²) < 4.78 is 5.56. The zero-order chi connectivity index (χ0) is 16.0. The molecule has 1 unspecified atom stereocenters. The van der Waals surface area contributed by atoms with E-state index in [9.17, 15) is 0 Å². The van der Waals surface area contributed by atoms with Crippen molar-refractivity contribution in [2.45, 2.75) is 50.7 Å². The van der Waals surface area contributed by atoms with Gasteiger partial charge in [-0.3, -0.25) is 4.99 Å². The number of aliphatic imine (C=N–C) groups is 1. The fourth-order valence-electron chi connectivity index (χ4n) is 2.36. The van der Waals surface area contributed by atoms with E-state index < -0.39 is 0 Å². The number of nitrogens with zero attached hydrogens (tertiary/aromatic N) is 3. The van der Waals surface area contributed by atoms with Crippen molar-refractivity contribution in [2.75, 3.05) is 25.9 Å². The first-order valence-corrected chi connectivity index (χ1v) is 8.92. The third-order valence-corrected chi connectivity index (χ3v) is 5.32. The van der Waals surface area contributed by atoms with Gasteiger partial charge in [0.15, 0.2) is 11.8 Å². The van der Waals surface area contributed by atoms with Gasteiger partial charge in [0.2, 0.25) is 5.89 Å². The molecule has 2 rings (SSSR count). The van der Waals surface area contributed by atoms with Crippen LogP contribution in [-0.4, -0.2) is 46.7 Å². The SMILES string of the molecule is CN=C(NCCc1nc(C(C)C)no1)NCC1(C)CCCS1. The first-order valence-electron chi connectivity index (χ1n) is 7.93. The molecule has 0 radical (unpaired) electrons. The van der Waals surface area contributed by atoms with Crippen LogP contribution in [0.5, 0.6) is 0 Å². The first kappa shape index (κ1) is 17.1. The number of guanidine groups is 1. The van der Waals surface area contributed by atoms with Crippen LogP contribution in [0.3, 0.4) is 0 Å². The molecule has 0 amide bonds. The molecule has 0 bridgehead atoms. The average molecular weight is 325 g/mol. The van der Waals surface area contributed by atoms with Gasteiger partial charge in [0.05, 0.1) is 0 Å². The van der Waals surface area contributed by atoms with Gasteiger partial charge in [-0.25, -0.2) is 0 Å². The molecule has 1 aromatic rings. The van der Waals surface area contributed by atoms with E-state index in [1.165, 1.54) is 18.6 Å². The summed E-state index contributed by atoms with van der Waals surface area (Å²) >= 11 is 2.04. The predicted molar refractivity (Wildman–Crippen MR) is 91.6 cm³/mol. The van der Waals surface area contributed by atoms with Gasteiger partial charge in [0.1, 0.15) is 0 Å². The fourth-order valence-corrected chi connectivity index (χ4v) is 3.60. The molecule has 124 valence electrons. The lowest BCUT2D eigenvalue weighted by molar-refractivity contribution is 0.371. The minimum atomic E-state index is 0.296. The van der Waals surface area contributed by atoms with Gasteiger partial charge >= 0.3 is 0 Å². The first-order chi connectivity index (χ1) is 10.5. The van der Waals surface area contributed by atoms with E-state index in [0.717, 1.165) is 24.9 Å². The van der Waals surface area contributed by atoms with Gasteiger partial charge < -0.3 is 15.2 Å². The number of rotatable bonds is 6. The van der Waals surface area contributed by atoms with E-state index in [2.05, 4.69) is 46.5 Å². The van der Waals surface area contributed by atoms with E-state index in [0.29, 0.717) is 23.0 Å². The smallest absolute Gasteiger partial charge is 0.228 e. The summed E-state index contributed by atoms with van der Waals surface area (Å²) in [5.74, 6) is 3.83. The molecular formula is C15H27N5OS. The highest BCUT2D eigenvalue weighted by Gasteiger charge is 2.29. The van der Waals surface area contributed by atoms with Crippen LogP contribution in [0.1, 0.15) is 51.2 Å². The molecule has 1 atom stereocenters. The Morgan fingerprint density at radius 3 is 2.86 bits per heavy atom. The van der Waals surface area contributed by atoms with E-state index in [4.69, 9.17) is 4.52 Å². The summed E-state index contributed by atoms with van der Waals surface area (Å²) in [5, 5.41) is 10.7. The number of hydrogen-bond donors (Lipinski definition) is 2. The summed E-state index contributed by atoms with van der Waals surface area (Å²) in [6.07, 6.45) is 3.28. The minimum Gasteiger partial charge on any atom is -0.356 e. The van der Waals surface area contributed by atoms with Crippen LogP contribution in [0.15, 0.2) is 9.52 Å². The molecule has 1 aliphatic heterocycles. The van der Waals surface area contributed by atoms with Crippen LogP contribution < -0.4 is 10.6 Å². The van der Waals surface area contributed by atoms with Crippen LogP contribution in [0.4, 0.5) is 0 Å². The molecule has 2 N–H and O–H groups in total. The molecule has 7 heteroatoms. The second kappa shape index (κ2) is 7.85. The zero-order valence-corrected chi connectivity index (χ0v) is 14.8. The molecule has 6 nitrogen and oxygen atoms in total. The Hall–Kier alpha value is -1.24. The van der Waals surface area contributed by atoms with Crippen molar-refractivity contribution in [2.24, 2.45) is 4.99 Å². The Bertz CT molecular complexity index is 494. The maximum Gasteiger partial charge on any atom is 0.228 e. The molecule has 1 aliphatic rings. The topological polar surface area (TPSA) is 75.3 Å². The summed E-state index contributed by atoms with van der Waals surface area (Å²) in [4.78, 5) is 8.63. The Morgan fingerprint density at radius 2 is 2.27 bits per heavy atom. The number of aromatic nitrogens is 2. The maximum atomic E-state index is 5.23. The van der Waals surface area contributed by atoms with Gasteiger partial charge in [0.25, 0.3) is 0 Å². The van der Waals surface area contributed by atoms with Gasteiger partial charge in [-0.1, -0.05) is 19.0 Å². The molecule has 1 aromatic heterocycles. The second-order valence-electron chi connectivity index (χ2n) is 6.21. The van der Waals surface area contributed by atoms with Crippen LogP contribution in [-0.2, 0) is 6.42 Å².